The van der Waals surface area contributed by atoms with E-state index in [4.69, 9.17) is 0 Å². The molecule has 1 saturated heterocycles. The van der Waals surface area contributed by atoms with Crippen molar-refractivity contribution in [1.29, 1.82) is 0 Å². The molecule has 0 aromatic rings. The standard InChI is InChI=1S/C4H12F12N4P4/c1-17-21(5,6,7)18(2)23(11,12,13)20(4)24(14,15,16)19(3)22(17,8,9)10/h1-4H3. The van der Waals surface area contributed by atoms with Crippen LogP contribution in [-0.2, 0) is 0 Å². The summed E-state index contributed by atoms with van der Waals surface area (Å²) in [5.74, 6) is 0. The number of nitrogens with zero attached hydrogens (tertiary/aromatic N) is 4. The predicted octanol–water partition coefficient (Wildman–Crippen LogP) is 7.87. The van der Waals surface area contributed by atoms with Crippen molar-refractivity contribution < 1.29 is 50.4 Å². The molecule has 0 N–H and O–H groups in total. The minimum absolute atomic E-state index is 0.840. The van der Waals surface area contributed by atoms with Gasteiger partial charge < -0.3 is 0 Å². The Kier molecular flexibility index (Phi) is 4.18. The van der Waals surface area contributed by atoms with Crippen molar-refractivity contribution in [3.05, 3.63) is 0 Å². The van der Waals surface area contributed by atoms with Crippen LogP contribution in [0.4, 0.5) is 50.4 Å². The van der Waals surface area contributed by atoms with Gasteiger partial charge in [-0.2, -0.15) is 0 Å². The monoisotopic (exact) mass is 468 g/mol. The third-order valence-corrected chi connectivity index (χ3v) is 17.8. The van der Waals surface area contributed by atoms with Gasteiger partial charge in [-0.1, -0.05) is 0 Å². The van der Waals surface area contributed by atoms with Crippen molar-refractivity contribution in [3.8, 4) is 0 Å². The number of hydrogen-bond acceptors (Lipinski definition) is 4. The van der Waals surface area contributed by atoms with E-state index in [0.717, 1.165) is 0 Å². The summed E-state index contributed by atoms with van der Waals surface area (Å²) < 4.78 is 156. The van der Waals surface area contributed by atoms with Crippen LogP contribution < -0.4 is 0 Å². The fraction of sp³-hybridized carbons (Fsp3) is 1.00. The molecule has 0 aliphatic carbocycles. The number of hydrogen-bond donors (Lipinski definition) is 0. The van der Waals surface area contributed by atoms with E-state index >= 15 is 0 Å². The maximum atomic E-state index is 13.9. The third kappa shape index (κ3) is 2.56. The quantitative estimate of drug-likeness (QED) is 0.265. The van der Waals surface area contributed by atoms with E-state index in [-0.39, 0.29) is 0 Å². The molecule has 24 heavy (non-hydrogen) atoms. The van der Waals surface area contributed by atoms with Gasteiger partial charge in [-0.3, -0.25) is 0 Å². The molecule has 0 bridgehead atoms. The zero-order valence-electron chi connectivity index (χ0n) is 12.1. The molecule has 0 radical (unpaired) electrons. The Labute approximate surface area is 128 Å². The SMILES string of the molecule is CN1P(F)(F)(F)N(C)P(F)(F)(F)N(C)P(F)(F)(F)N(C)P1(F)(F)F. The van der Waals surface area contributed by atoms with Crippen molar-refractivity contribution in [2.75, 3.05) is 28.2 Å². The van der Waals surface area contributed by atoms with Crippen LogP contribution in [0, 0.1) is 0 Å². The van der Waals surface area contributed by atoms with E-state index in [1.54, 1.807) is 0 Å². The van der Waals surface area contributed by atoms with Crippen LogP contribution >= 0.6 is 31.3 Å². The Morgan fingerprint density at radius 1 is 0.333 bits per heavy atom. The molecule has 0 amide bonds. The van der Waals surface area contributed by atoms with Crippen molar-refractivity contribution in [3.63, 3.8) is 0 Å². The maximum absolute atomic E-state index is 13.9. The van der Waals surface area contributed by atoms with Crippen LogP contribution in [0.25, 0.3) is 0 Å². The van der Waals surface area contributed by atoms with E-state index in [1.807, 2.05) is 0 Å². The molecule has 0 aromatic heterocycles. The first kappa shape index (κ1) is 22.8. The molecule has 0 aromatic carbocycles. The Balaban J connectivity index is 4.09. The zero-order valence-corrected chi connectivity index (χ0v) is 15.7. The first-order valence-electron chi connectivity index (χ1n) is 5.42. The van der Waals surface area contributed by atoms with Gasteiger partial charge >= 0.3 is 128 Å². The van der Waals surface area contributed by atoms with Crippen molar-refractivity contribution in [1.82, 2.24) is 17.8 Å². The predicted molar refractivity (Wildman–Crippen MR) is 72.0 cm³/mol. The van der Waals surface area contributed by atoms with Crippen molar-refractivity contribution in [2.45, 2.75) is 0 Å². The summed E-state index contributed by atoms with van der Waals surface area (Å²) in [6.07, 6.45) is 0. The van der Waals surface area contributed by atoms with E-state index in [9.17, 15) is 50.4 Å². The normalized spacial score (nSPS) is 44.3. The molecule has 152 valence electrons. The van der Waals surface area contributed by atoms with Gasteiger partial charge in [0.2, 0.25) is 0 Å². The first-order chi connectivity index (χ1) is 9.74. The van der Waals surface area contributed by atoms with Crippen LogP contribution in [-0.4, -0.2) is 46.0 Å². The van der Waals surface area contributed by atoms with Gasteiger partial charge in [0, 0.05) is 0 Å². The van der Waals surface area contributed by atoms with E-state index in [0.29, 0.717) is 0 Å². The molecule has 0 spiro atoms. The molecule has 1 aliphatic rings. The van der Waals surface area contributed by atoms with Crippen molar-refractivity contribution in [2.24, 2.45) is 0 Å². The summed E-state index contributed by atoms with van der Waals surface area (Å²) in [6, 6.07) is 0. The minimum atomic E-state index is -9.50. The van der Waals surface area contributed by atoms with Gasteiger partial charge in [-0.15, -0.1) is 0 Å². The van der Waals surface area contributed by atoms with Gasteiger partial charge in [-0.05, 0) is 0 Å². The molecule has 1 rings (SSSR count). The van der Waals surface area contributed by atoms with Crippen LogP contribution in [0.3, 0.4) is 0 Å². The molecule has 1 fully saturated rings. The fourth-order valence-corrected chi connectivity index (χ4v) is 13.9. The topological polar surface area (TPSA) is 13.0 Å². The van der Waals surface area contributed by atoms with Crippen LogP contribution in [0.2, 0.25) is 0 Å². The average molecular weight is 468 g/mol. The molecular weight excluding hydrogens is 456 g/mol. The van der Waals surface area contributed by atoms with Gasteiger partial charge in [0.05, 0.1) is 0 Å². The molecule has 1 heterocycles. The van der Waals surface area contributed by atoms with Crippen molar-refractivity contribution >= 4 is 31.3 Å². The molecule has 0 saturated carbocycles. The molecule has 1 aliphatic heterocycles. The molecule has 4 nitrogen and oxygen atoms in total. The second kappa shape index (κ2) is 4.41. The molecular formula is C4H12F12N4P4. The molecule has 20 heteroatoms. The fourth-order valence-electron chi connectivity index (χ4n) is 1.64. The summed E-state index contributed by atoms with van der Waals surface area (Å²) in [7, 11) is -41.4. The number of rotatable bonds is 0. The Bertz CT molecular complexity index is 443. The van der Waals surface area contributed by atoms with Crippen LogP contribution in [0.15, 0.2) is 0 Å². The van der Waals surface area contributed by atoms with Crippen LogP contribution in [0.1, 0.15) is 0 Å². The Hall–Kier alpha value is 0.720. The number of halogens is 12. The second-order valence-electron chi connectivity index (χ2n) is 4.90. The van der Waals surface area contributed by atoms with Gasteiger partial charge in [0.15, 0.2) is 0 Å². The van der Waals surface area contributed by atoms with Gasteiger partial charge in [0.25, 0.3) is 0 Å². The van der Waals surface area contributed by atoms with Gasteiger partial charge in [-0.25, -0.2) is 0 Å². The Morgan fingerprint density at radius 2 is 0.417 bits per heavy atom. The molecule has 0 atom stereocenters. The average Bonchev–Trinajstić information content (AvgIpc) is 2.32. The van der Waals surface area contributed by atoms with E-state index in [2.05, 4.69) is 0 Å². The molecule has 0 unspecified atom stereocenters. The summed E-state index contributed by atoms with van der Waals surface area (Å²) in [5, 5.41) is 0. The van der Waals surface area contributed by atoms with E-state index in [1.165, 1.54) is 0 Å². The van der Waals surface area contributed by atoms with Gasteiger partial charge in [0.1, 0.15) is 0 Å². The summed E-state index contributed by atoms with van der Waals surface area (Å²) in [5.41, 5.74) is 0. The summed E-state index contributed by atoms with van der Waals surface area (Å²) in [6.45, 7) is 0. The Morgan fingerprint density at radius 3 is 0.500 bits per heavy atom. The van der Waals surface area contributed by atoms with E-state index < -0.39 is 77.3 Å². The second-order valence-corrected chi connectivity index (χ2v) is 16.8. The third-order valence-electron chi connectivity index (χ3n) is 3.66. The summed E-state index contributed by atoms with van der Waals surface area (Å²) in [4.78, 5) is 0. The first-order valence-corrected chi connectivity index (χ1v) is 12.7. The zero-order chi connectivity index (χ0) is 20.1. The van der Waals surface area contributed by atoms with Crippen LogP contribution in [0.5, 0.6) is 0 Å². The summed E-state index contributed by atoms with van der Waals surface area (Å²) >= 11 is 0.